The summed E-state index contributed by atoms with van der Waals surface area (Å²) in [6.45, 7) is 0. The Hall–Kier alpha value is -1.82. The van der Waals surface area contributed by atoms with Crippen molar-refractivity contribution in [1.82, 2.24) is 4.98 Å². The van der Waals surface area contributed by atoms with Crippen molar-refractivity contribution in [3.05, 3.63) is 23.5 Å². The molecule has 60 valence electrons. The molecule has 3 nitrogen and oxygen atoms in total. The molecule has 0 N–H and O–H groups in total. The van der Waals surface area contributed by atoms with Crippen LogP contribution in [0.3, 0.4) is 0 Å². The second kappa shape index (κ2) is 3.54. The molecule has 0 radical (unpaired) electrons. The molecular weight excluding hydrogens is 154 g/mol. The fraction of sp³-hybridized carbons (Fsp3) is 0.111. The van der Waals surface area contributed by atoms with Crippen molar-refractivity contribution in [2.24, 2.45) is 0 Å². The first-order valence-corrected chi connectivity index (χ1v) is 3.27. The van der Waals surface area contributed by atoms with E-state index in [1.54, 1.807) is 6.07 Å². The molecule has 0 atom stereocenters. The second-order valence-electron chi connectivity index (χ2n) is 2.07. The molecule has 1 rings (SSSR count). The van der Waals surface area contributed by atoms with E-state index in [4.69, 9.17) is 11.2 Å². The van der Waals surface area contributed by atoms with Crippen molar-refractivity contribution in [1.29, 1.82) is 0 Å². The lowest BCUT2D eigenvalue weighted by molar-refractivity contribution is 0.111. The van der Waals surface area contributed by atoms with E-state index in [1.165, 1.54) is 13.3 Å². The van der Waals surface area contributed by atoms with Crippen LogP contribution in [-0.4, -0.2) is 18.4 Å². The number of hydrogen-bond donors (Lipinski definition) is 0. The van der Waals surface area contributed by atoms with Crippen LogP contribution >= 0.6 is 0 Å². The average molecular weight is 161 g/mol. The van der Waals surface area contributed by atoms with Crippen molar-refractivity contribution in [3.8, 4) is 18.1 Å². The average Bonchev–Trinajstić information content (AvgIpc) is 2.16. The number of ether oxygens (including phenoxy) is 1. The number of carbonyl (C=O) groups excluding carboxylic acids is 1. The summed E-state index contributed by atoms with van der Waals surface area (Å²) in [5, 5.41) is 0. The van der Waals surface area contributed by atoms with Crippen LogP contribution in [0.2, 0.25) is 0 Å². The molecule has 1 aromatic heterocycles. The lowest BCUT2D eigenvalue weighted by atomic mass is 10.2. The fourth-order valence-corrected chi connectivity index (χ4v) is 0.786. The van der Waals surface area contributed by atoms with Gasteiger partial charge in [-0.15, -0.1) is 6.42 Å². The van der Waals surface area contributed by atoms with Gasteiger partial charge in [0.15, 0.2) is 6.29 Å². The van der Waals surface area contributed by atoms with Crippen molar-refractivity contribution >= 4 is 6.29 Å². The minimum absolute atomic E-state index is 0.261. The normalized spacial score (nSPS) is 8.67. The SMILES string of the molecule is C#Cc1cnc(C=O)c(OC)c1. The Morgan fingerprint density at radius 3 is 3.00 bits per heavy atom. The maximum atomic E-state index is 10.4. The van der Waals surface area contributed by atoms with Gasteiger partial charge in [0.1, 0.15) is 11.4 Å². The van der Waals surface area contributed by atoms with Crippen LogP contribution < -0.4 is 4.74 Å². The van der Waals surface area contributed by atoms with E-state index in [0.717, 1.165) is 0 Å². The standard InChI is InChI=1S/C9H7NO2/c1-3-7-4-9(12-2)8(6-11)10-5-7/h1,4-6H,2H3. The van der Waals surface area contributed by atoms with E-state index >= 15 is 0 Å². The number of hydrogen-bond acceptors (Lipinski definition) is 3. The summed E-state index contributed by atoms with van der Waals surface area (Å²) in [5.41, 5.74) is 0.856. The predicted molar refractivity (Wildman–Crippen MR) is 44.1 cm³/mol. The van der Waals surface area contributed by atoms with Gasteiger partial charge in [-0.1, -0.05) is 5.92 Å². The Labute approximate surface area is 70.4 Å². The Kier molecular flexibility index (Phi) is 2.44. The van der Waals surface area contributed by atoms with Gasteiger partial charge in [0.05, 0.1) is 7.11 Å². The third-order valence-electron chi connectivity index (χ3n) is 1.38. The Bertz CT molecular complexity index is 339. The van der Waals surface area contributed by atoms with E-state index < -0.39 is 0 Å². The number of aromatic nitrogens is 1. The van der Waals surface area contributed by atoms with Gasteiger partial charge in [0.2, 0.25) is 0 Å². The Morgan fingerprint density at radius 2 is 2.50 bits per heavy atom. The first kappa shape index (κ1) is 8.28. The van der Waals surface area contributed by atoms with Gasteiger partial charge in [-0.2, -0.15) is 0 Å². The zero-order valence-corrected chi connectivity index (χ0v) is 6.57. The smallest absolute Gasteiger partial charge is 0.172 e. The van der Waals surface area contributed by atoms with E-state index in [0.29, 0.717) is 17.6 Å². The van der Waals surface area contributed by atoms with Crippen LogP contribution in [0.25, 0.3) is 0 Å². The number of nitrogens with zero attached hydrogens (tertiary/aromatic N) is 1. The highest BCUT2D eigenvalue weighted by atomic mass is 16.5. The summed E-state index contributed by atoms with van der Waals surface area (Å²) in [7, 11) is 1.46. The first-order valence-electron chi connectivity index (χ1n) is 3.27. The predicted octanol–water partition coefficient (Wildman–Crippen LogP) is 0.884. The molecule has 0 aromatic carbocycles. The number of rotatable bonds is 2. The van der Waals surface area contributed by atoms with E-state index in [1.807, 2.05) is 0 Å². The number of terminal acetylenes is 1. The van der Waals surface area contributed by atoms with Crippen LogP contribution in [0.4, 0.5) is 0 Å². The second-order valence-corrected chi connectivity index (χ2v) is 2.07. The quantitative estimate of drug-likeness (QED) is 0.477. The molecule has 0 aliphatic carbocycles. The molecule has 0 aliphatic rings. The number of carbonyl (C=O) groups is 1. The zero-order chi connectivity index (χ0) is 8.97. The molecule has 0 aliphatic heterocycles. The maximum absolute atomic E-state index is 10.4. The third kappa shape index (κ3) is 1.43. The molecule has 0 saturated carbocycles. The van der Waals surface area contributed by atoms with Crippen molar-refractivity contribution in [2.45, 2.75) is 0 Å². The number of methoxy groups -OCH3 is 1. The molecular formula is C9H7NO2. The monoisotopic (exact) mass is 161 g/mol. The molecule has 0 unspecified atom stereocenters. The van der Waals surface area contributed by atoms with Gasteiger partial charge in [-0.3, -0.25) is 4.79 Å². The molecule has 1 heterocycles. The van der Waals surface area contributed by atoms with E-state index in [-0.39, 0.29) is 5.69 Å². The van der Waals surface area contributed by atoms with E-state index in [2.05, 4.69) is 10.9 Å². The van der Waals surface area contributed by atoms with Gasteiger partial charge >= 0.3 is 0 Å². The van der Waals surface area contributed by atoms with Crippen LogP contribution in [0.5, 0.6) is 5.75 Å². The van der Waals surface area contributed by atoms with Gasteiger partial charge < -0.3 is 4.74 Å². The zero-order valence-electron chi connectivity index (χ0n) is 6.57. The number of pyridine rings is 1. The highest BCUT2D eigenvalue weighted by Crippen LogP contribution is 2.14. The van der Waals surface area contributed by atoms with Crippen LogP contribution in [0.1, 0.15) is 16.1 Å². The summed E-state index contributed by atoms with van der Waals surface area (Å²) in [4.78, 5) is 14.2. The van der Waals surface area contributed by atoms with Crippen molar-refractivity contribution in [3.63, 3.8) is 0 Å². The van der Waals surface area contributed by atoms with Crippen molar-refractivity contribution in [2.75, 3.05) is 7.11 Å². The lowest BCUT2D eigenvalue weighted by Gasteiger charge is -2.01. The Balaban J connectivity index is 3.21. The summed E-state index contributed by atoms with van der Waals surface area (Å²) in [6, 6.07) is 1.59. The highest BCUT2D eigenvalue weighted by molar-refractivity contribution is 5.76. The molecule has 0 spiro atoms. The summed E-state index contributed by atoms with van der Waals surface area (Å²) < 4.78 is 4.89. The first-order chi connectivity index (χ1) is 5.81. The van der Waals surface area contributed by atoms with Gasteiger partial charge in [0.25, 0.3) is 0 Å². The van der Waals surface area contributed by atoms with Gasteiger partial charge in [-0.05, 0) is 6.07 Å². The van der Waals surface area contributed by atoms with Gasteiger partial charge in [-0.25, -0.2) is 4.98 Å². The molecule has 0 amide bonds. The van der Waals surface area contributed by atoms with Crippen LogP contribution in [0, 0.1) is 12.3 Å². The van der Waals surface area contributed by atoms with Crippen molar-refractivity contribution < 1.29 is 9.53 Å². The molecule has 0 saturated heterocycles. The fourth-order valence-electron chi connectivity index (χ4n) is 0.786. The van der Waals surface area contributed by atoms with Gasteiger partial charge in [0, 0.05) is 11.8 Å². The molecule has 0 bridgehead atoms. The minimum Gasteiger partial charge on any atom is -0.494 e. The highest BCUT2D eigenvalue weighted by Gasteiger charge is 2.02. The molecule has 0 fully saturated rings. The third-order valence-corrected chi connectivity index (χ3v) is 1.38. The molecule has 1 aromatic rings. The van der Waals surface area contributed by atoms with E-state index in [9.17, 15) is 4.79 Å². The largest absolute Gasteiger partial charge is 0.494 e. The summed E-state index contributed by atoms with van der Waals surface area (Å²) >= 11 is 0. The lowest BCUT2D eigenvalue weighted by Crippen LogP contribution is -1.94. The maximum Gasteiger partial charge on any atom is 0.172 e. The topological polar surface area (TPSA) is 39.2 Å². The summed E-state index contributed by atoms with van der Waals surface area (Å²) in [5.74, 6) is 2.80. The number of aldehydes is 1. The van der Waals surface area contributed by atoms with Crippen LogP contribution in [-0.2, 0) is 0 Å². The van der Waals surface area contributed by atoms with Crippen LogP contribution in [0.15, 0.2) is 12.3 Å². The molecule has 12 heavy (non-hydrogen) atoms. The minimum atomic E-state index is 0.261. The molecule has 3 heteroatoms. The Morgan fingerprint density at radius 1 is 1.75 bits per heavy atom. The summed E-state index contributed by atoms with van der Waals surface area (Å²) in [6.07, 6.45) is 7.21.